The van der Waals surface area contributed by atoms with Gasteiger partial charge in [0.25, 0.3) is 0 Å². The quantitative estimate of drug-likeness (QED) is 0.777. The van der Waals surface area contributed by atoms with Gasteiger partial charge in [0.15, 0.2) is 18.2 Å². The second-order valence-electron chi connectivity index (χ2n) is 6.94. The highest BCUT2D eigenvalue weighted by Gasteiger charge is 2.36. The fraction of sp³-hybridized carbons (Fsp3) is 0.600. The number of hydrogen-bond acceptors (Lipinski definition) is 3. The second kappa shape index (κ2) is 5.99. The van der Waals surface area contributed by atoms with E-state index in [4.69, 9.17) is 4.43 Å². The smallest absolute Gasteiger partial charge is 0.192 e. The van der Waals surface area contributed by atoms with E-state index in [2.05, 4.69) is 33.9 Å². The maximum absolute atomic E-state index is 11.3. The Bertz CT molecular complexity index is 557. The molecule has 0 saturated carbocycles. The van der Waals surface area contributed by atoms with Gasteiger partial charge in [-0.2, -0.15) is 0 Å². The lowest BCUT2D eigenvalue weighted by atomic mass is 10.1. The van der Waals surface area contributed by atoms with E-state index in [1.54, 1.807) is 0 Å². The topological polar surface area (TPSA) is 43.4 Å². The molecule has 1 aromatic carbocycles. The normalized spacial score (nSPS) is 13.5. The minimum atomic E-state index is -2.99. The van der Waals surface area contributed by atoms with Gasteiger partial charge in [-0.15, -0.1) is 0 Å². The molecule has 0 N–H and O–H groups in total. The van der Waals surface area contributed by atoms with Crippen molar-refractivity contribution in [3.63, 3.8) is 0 Å². The Labute approximate surface area is 124 Å². The SMILES string of the molecule is CC(C)(C)[Si](C)(C)OCc1cccc(CS(C)(=O)=O)c1. The molecule has 20 heavy (non-hydrogen) atoms. The Kier molecular flexibility index (Phi) is 5.22. The lowest BCUT2D eigenvalue weighted by Crippen LogP contribution is -2.40. The summed E-state index contributed by atoms with van der Waals surface area (Å²) in [5, 5.41) is 0.178. The Morgan fingerprint density at radius 2 is 1.70 bits per heavy atom. The van der Waals surface area contributed by atoms with Crippen molar-refractivity contribution in [3.05, 3.63) is 35.4 Å². The van der Waals surface area contributed by atoms with Gasteiger partial charge < -0.3 is 4.43 Å². The van der Waals surface area contributed by atoms with E-state index in [0.29, 0.717) is 6.61 Å². The van der Waals surface area contributed by atoms with Crippen LogP contribution in [0.1, 0.15) is 31.9 Å². The summed E-state index contributed by atoms with van der Waals surface area (Å²) < 4.78 is 28.8. The van der Waals surface area contributed by atoms with Crippen LogP contribution in [0.5, 0.6) is 0 Å². The minimum Gasteiger partial charge on any atom is -0.413 e. The molecule has 0 aliphatic carbocycles. The lowest BCUT2D eigenvalue weighted by molar-refractivity contribution is 0.276. The molecule has 0 heterocycles. The van der Waals surface area contributed by atoms with Gasteiger partial charge in [0.05, 0.1) is 12.4 Å². The average Bonchev–Trinajstić information content (AvgIpc) is 2.23. The van der Waals surface area contributed by atoms with Crippen LogP contribution in [0, 0.1) is 0 Å². The predicted molar refractivity (Wildman–Crippen MR) is 87.0 cm³/mol. The Balaban J connectivity index is 2.78. The van der Waals surface area contributed by atoms with Crippen LogP contribution in [-0.4, -0.2) is 23.0 Å². The van der Waals surface area contributed by atoms with Crippen LogP contribution in [0.3, 0.4) is 0 Å². The zero-order valence-corrected chi connectivity index (χ0v) is 15.2. The molecule has 0 bridgehead atoms. The van der Waals surface area contributed by atoms with Gasteiger partial charge in [0.2, 0.25) is 0 Å². The van der Waals surface area contributed by atoms with E-state index in [1.807, 2.05) is 24.3 Å². The van der Waals surface area contributed by atoms with Crippen molar-refractivity contribution in [2.75, 3.05) is 6.26 Å². The number of hydrogen-bond donors (Lipinski definition) is 0. The molecular weight excluding hydrogens is 288 g/mol. The molecule has 1 aromatic rings. The monoisotopic (exact) mass is 314 g/mol. The summed E-state index contributed by atoms with van der Waals surface area (Å²) in [7, 11) is -4.76. The lowest BCUT2D eigenvalue weighted by Gasteiger charge is -2.36. The molecule has 0 spiro atoms. The van der Waals surface area contributed by atoms with Crippen LogP contribution in [-0.2, 0) is 26.6 Å². The third-order valence-electron chi connectivity index (χ3n) is 3.83. The van der Waals surface area contributed by atoms with E-state index in [0.717, 1.165) is 11.1 Å². The van der Waals surface area contributed by atoms with Crippen LogP contribution < -0.4 is 0 Å². The fourth-order valence-electron chi connectivity index (χ4n) is 1.59. The summed E-state index contributed by atoms with van der Waals surface area (Å²) >= 11 is 0. The Morgan fingerprint density at radius 1 is 1.15 bits per heavy atom. The summed E-state index contributed by atoms with van der Waals surface area (Å²) in [4.78, 5) is 0. The third kappa shape index (κ3) is 5.38. The molecule has 0 unspecified atom stereocenters. The molecule has 0 aromatic heterocycles. The van der Waals surface area contributed by atoms with Crippen molar-refractivity contribution >= 4 is 18.2 Å². The van der Waals surface area contributed by atoms with E-state index in [-0.39, 0.29) is 10.8 Å². The first-order valence-corrected chi connectivity index (χ1v) is 11.8. The van der Waals surface area contributed by atoms with Gasteiger partial charge >= 0.3 is 0 Å². The van der Waals surface area contributed by atoms with Crippen LogP contribution in [0.15, 0.2) is 24.3 Å². The summed E-state index contributed by atoms with van der Waals surface area (Å²) in [5.74, 6) is 0.0843. The van der Waals surface area contributed by atoms with Crippen molar-refractivity contribution in [2.45, 2.75) is 51.3 Å². The highest BCUT2D eigenvalue weighted by atomic mass is 32.2. The predicted octanol–water partition coefficient (Wildman–Crippen LogP) is 3.75. The van der Waals surface area contributed by atoms with Gasteiger partial charge in [-0.05, 0) is 29.3 Å². The molecule has 0 saturated heterocycles. The first-order valence-electron chi connectivity index (χ1n) is 6.80. The Morgan fingerprint density at radius 3 is 2.20 bits per heavy atom. The first-order chi connectivity index (χ1) is 8.91. The largest absolute Gasteiger partial charge is 0.413 e. The molecule has 3 nitrogen and oxygen atoms in total. The zero-order chi connectivity index (χ0) is 15.6. The van der Waals surface area contributed by atoms with Gasteiger partial charge in [-0.25, -0.2) is 8.42 Å². The van der Waals surface area contributed by atoms with Crippen molar-refractivity contribution in [3.8, 4) is 0 Å². The van der Waals surface area contributed by atoms with Crippen LogP contribution >= 0.6 is 0 Å². The summed E-state index contributed by atoms with van der Waals surface area (Å²) in [6.07, 6.45) is 1.26. The summed E-state index contributed by atoms with van der Waals surface area (Å²) in [6.45, 7) is 11.6. The molecule has 114 valence electrons. The number of benzene rings is 1. The third-order valence-corrected chi connectivity index (χ3v) is 9.16. The van der Waals surface area contributed by atoms with Crippen LogP contribution in [0.4, 0.5) is 0 Å². The number of rotatable bonds is 5. The highest BCUT2D eigenvalue weighted by molar-refractivity contribution is 7.89. The van der Waals surface area contributed by atoms with E-state index in [9.17, 15) is 8.42 Å². The van der Waals surface area contributed by atoms with Crippen LogP contribution in [0.25, 0.3) is 0 Å². The molecule has 0 fully saturated rings. The standard InChI is InChI=1S/C15H26O3SSi/c1-15(2,3)20(5,6)18-11-13-8-7-9-14(10-13)12-19(4,16)17/h7-10H,11-12H2,1-6H3. The molecule has 0 atom stereocenters. The summed E-state index contributed by atoms with van der Waals surface area (Å²) in [5.41, 5.74) is 1.86. The second-order valence-corrected chi connectivity index (χ2v) is 13.9. The van der Waals surface area contributed by atoms with E-state index >= 15 is 0 Å². The molecule has 0 aliphatic rings. The minimum absolute atomic E-state index is 0.0843. The first kappa shape index (κ1) is 17.4. The molecule has 0 radical (unpaired) electrons. The van der Waals surface area contributed by atoms with Crippen molar-refractivity contribution in [2.24, 2.45) is 0 Å². The zero-order valence-electron chi connectivity index (χ0n) is 13.4. The molecule has 0 aliphatic heterocycles. The number of sulfone groups is 1. The van der Waals surface area contributed by atoms with Crippen molar-refractivity contribution in [1.29, 1.82) is 0 Å². The van der Waals surface area contributed by atoms with E-state index < -0.39 is 18.2 Å². The van der Waals surface area contributed by atoms with E-state index in [1.165, 1.54) is 6.26 Å². The van der Waals surface area contributed by atoms with Crippen LogP contribution in [0.2, 0.25) is 18.1 Å². The molecule has 5 heteroatoms. The average molecular weight is 315 g/mol. The maximum atomic E-state index is 11.3. The Hall–Kier alpha value is -0.653. The molecular formula is C15H26O3SSi. The fourth-order valence-corrected chi connectivity index (χ4v) is 3.34. The van der Waals surface area contributed by atoms with Crippen molar-refractivity contribution in [1.82, 2.24) is 0 Å². The molecule has 0 amide bonds. The van der Waals surface area contributed by atoms with Gasteiger partial charge in [0, 0.05) is 6.26 Å². The van der Waals surface area contributed by atoms with Gasteiger partial charge in [0.1, 0.15) is 0 Å². The van der Waals surface area contributed by atoms with Crippen molar-refractivity contribution < 1.29 is 12.8 Å². The van der Waals surface area contributed by atoms with Gasteiger partial charge in [-0.3, -0.25) is 0 Å². The van der Waals surface area contributed by atoms with Gasteiger partial charge in [-0.1, -0.05) is 45.0 Å². The highest BCUT2D eigenvalue weighted by Crippen LogP contribution is 2.37. The molecule has 1 rings (SSSR count). The summed E-state index contributed by atoms with van der Waals surface area (Å²) in [6, 6.07) is 7.65. The maximum Gasteiger partial charge on any atom is 0.192 e.